The molecular weight excluding hydrogens is 334 g/mol. The van der Waals surface area contributed by atoms with E-state index in [0.29, 0.717) is 24.4 Å². The Morgan fingerprint density at radius 2 is 1.92 bits per heavy atom. The zero-order valence-electron chi connectivity index (χ0n) is 14.6. The Kier molecular flexibility index (Phi) is 5.08. The lowest BCUT2D eigenvalue weighted by Gasteiger charge is -2.43. The maximum absolute atomic E-state index is 13.0. The van der Waals surface area contributed by atoms with Crippen LogP contribution < -0.4 is 5.32 Å². The Morgan fingerprint density at radius 1 is 1.16 bits per heavy atom. The van der Waals surface area contributed by atoms with Crippen LogP contribution in [0.1, 0.15) is 22.5 Å². The molecule has 132 valence electrons. The average molecular weight is 357 g/mol. The molecule has 1 saturated heterocycles. The fourth-order valence-electron chi connectivity index (χ4n) is 3.34. The van der Waals surface area contributed by atoms with Crippen LogP contribution in [0.25, 0.3) is 0 Å². The van der Waals surface area contributed by atoms with Gasteiger partial charge in [0, 0.05) is 26.3 Å². The number of nitrogens with one attached hydrogen (secondary N) is 1. The summed E-state index contributed by atoms with van der Waals surface area (Å²) < 4.78 is 0. The summed E-state index contributed by atoms with van der Waals surface area (Å²) in [5.74, 6) is 0.000487. The molecule has 0 radical (unpaired) electrons. The molecule has 0 spiro atoms. The van der Waals surface area contributed by atoms with Crippen molar-refractivity contribution in [1.82, 2.24) is 9.80 Å². The Balaban J connectivity index is 1.88. The van der Waals surface area contributed by atoms with Gasteiger partial charge in [0.25, 0.3) is 5.91 Å². The standard InChI is InChI=1S/C19H23N3O2S/c1-21(2)18(24)19(20-15-8-4-3-5-9-15)11-7-12-22(14-19)17(23)16-10-6-13-25-16/h3-6,8-10,13,20H,7,11-12,14H2,1-2H3. The number of para-hydroxylation sites is 1. The van der Waals surface area contributed by atoms with Gasteiger partial charge in [-0.25, -0.2) is 0 Å². The topological polar surface area (TPSA) is 52.7 Å². The molecule has 0 bridgehead atoms. The molecule has 5 nitrogen and oxygen atoms in total. The van der Waals surface area contributed by atoms with Crippen molar-refractivity contribution in [1.29, 1.82) is 0 Å². The second-order valence-electron chi connectivity index (χ2n) is 6.58. The van der Waals surface area contributed by atoms with Crippen LogP contribution >= 0.6 is 11.3 Å². The Bertz CT molecular complexity index is 730. The maximum Gasteiger partial charge on any atom is 0.264 e. The number of likely N-dealkylation sites (N-methyl/N-ethyl adjacent to an activating group) is 1. The SMILES string of the molecule is CN(C)C(=O)C1(Nc2ccccc2)CCCN(C(=O)c2cccs2)C1. The first-order valence-corrected chi connectivity index (χ1v) is 9.27. The number of benzene rings is 1. The molecule has 1 fully saturated rings. The molecule has 6 heteroatoms. The van der Waals surface area contributed by atoms with Crippen molar-refractivity contribution < 1.29 is 9.59 Å². The zero-order valence-corrected chi connectivity index (χ0v) is 15.4. The molecular formula is C19H23N3O2S. The molecule has 1 aromatic heterocycles. The van der Waals surface area contributed by atoms with Crippen LogP contribution in [0.2, 0.25) is 0 Å². The quantitative estimate of drug-likeness (QED) is 0.915. The van der Waals surface area contributed by atoms with Gasteiger partial charge >= 0.3 is 0 Å². The number of nitrogens with zero attached hydrogens (tertiary/aromatic N) is 2. The number of amides is 2. The first-order valence-electron chi connectivity index (χ1n) is 8.40. The third-order valence-electron chi connectivity index (χ3n) is 4.48. The van der Waals surface area contributed by atoms with Crippen molar-refractivity contribution in [3.05, 3.63) is 52.7 Å². The van der Waals surface area contributed by atoms with Gasteiger partial charge in [-0.2, -0.15) is 0 Å². The molecule has 1 aliphatic rings. The van der Waals surface area contributed by atoms with Crippen molar-refractivity contribution in [3.8, 4) is 0 Å². The van der Waals surface area contributed by atoms with E-state index in [9.17, 15) is 9.59 Å². The highest BCUT2D eigenvalue weighted by atomic mass is 32.1. The highest BCUT2D eigenvalue weighted by molar-refractivity contribution is 7.12. The van der Waals surface area contributed by atoms with E-state index < -0.39 is 5.54 Å². The summed E-state index contributed by atoms with van der Waals surface area (Å²) >= 11 is 1.44. The second kappa shape index (κ2) is 7.27. The molecule has 0 aliphatic carbocycles. The monoisotopic (exact) mass is 357 g/mol. The second-order valence-corrected chi connectivity index (χ2v) is 7.53. The molecule has 1 N–H and O–H groups in total. The summed E-state index contributed by atoms with van der Waals surface area (Å²) in [6, 6.07) is 13.4. The fraction of sp³-hybridized carbons (Fsp3) is 0.368. The largest absolute Gasteiger partial charge is 0.370 e. The summed E-state index contributed by atoms with van der Waals surface area (Å²) in [5.41, 5.74) is 0.0962. The summed E-state index contributed by atoms with van der Waals surface area (Å²) in [6.45, 7) is 1.05. The van der Waals surface area contributed by atoms with E-state index in [0.717, 1.165) is 12.1 Å². The third kappa shape index (κ3) is 3.69. The first-order chi connectivity index (χ1) is 12.0. The lowest BCUT2D eigenvalue weighted by molar-refractivity contribution is -0.135. The zero-order chi connectivity index (χ0) is 17.9. The Labute approximate surface area is 152 Å². The minimum Gasteiger partial charge on any atom is -0.370 e. The van der Waals surface area contributed by atoms with E-state index in [1.54, 1.807) is 23.9 Å². The Hall–Kier alpha value is -2.34. The van der Waals surface area contributed by atoms with Crippen LogP contribution in [0.3, 0.4) is 0 Å². The molecule has 25 heavy (non-hydrogen) atoms. The van der Waals surface area contributed by atoms with E-state index in [2.05, 4.69) is 5.32 Å². The van der Waals surface area contributed by atoms with Crippen molar-refractivity contribution in [2.24, 2.45) is 0 Å². The highest BCUT2D eigenvalue weighted by Crippen LogP contribution is 2.29. The number of thiophene rings is 1. The number of likely N-dealkylation sites (tertiary alicyclic amines) is 1. The van der Waals surface area contributed by atoms with Gasteiger partial charge in [-0.1, -0.05) is 24.3 Å². The third-order valence-corrected chi connectivity index (χ3v) is 5.34. The lowest BCUT2D eigenvalue weighted by atomic mass is 9.86. The van der Waals surface area contributed by atoms with Crippen LogP contribution in [0.4, 0.5) is 5.69 Å². The molecule has 2 heterocycles. The van der Waals surface area contributed by atoms with Gasteiger partial charge in [0.15, 0.2) is 0 Å². The van der Waals surface area contributed by atoms with Gasteiger partial charge in [0.2, 0.25) is 5.91 Å². The van der Waals surface area contributed by atoms with Crippen LogP contribution in [0.5, 0.6) is 0 Å². The summed E-state index contributed by atoms with van der Waals surface area (Å²) in [5, 5.41) is 5.32. The molecule has 1 aliphatic heterocycles. The molecule has 0 saturated carbocycles. The Morgan fingerprint density at radius 3 is 2.56 bits per heavy atom. The van der Waals surface area contributed by atoms with Gasteiger partial charge < -0.3 is 15.1 Å². The predicted molar refractivity (Wildman–Crippen MR) is 101 cm³/mol. The summed E-state index contributed by atoms with van der Waals surface area (Å²) in [7, 11) is 3.52. The number of carbonyl (C=O) groups excluding carboxylic acids is 2. The van der Waals surface area contributed by atoms with Gasteiger partial charge in [-0.15, -0.1) is 11.3 Å². The smallest absolute Gasteiger partial charge is 0.264 e. The fourth-order valence-corrected chi connectivity index (χ4v) is 4.03. The van der Waals surface area contributed by atoms with E-state index in [1.807, 2.05) is 47.8 Å². The maximum atomic E-state index is 13.0. The number of hydrogen-bond acceptors (Lipinski definition) is 4. The number of anilines is 1. The van der Waals surface area contributed by atoms with Crippen molar-refractivity contribution in [3.63, 3.8) is 0 Å². The number of piperidine rings is 1. The molecule has 2 amide bonds. The lowest BCUT2D eigenvalue weighted by Crippen LogP contribution is -2.62. The predicted octanol–water partition coefficient (Wildman–Crippen LogP) is 2.92. The first kappa shape index (κ1) is 17.5. The average Bonchev–Trinajstić information content (AvgIpc) is 3.16. The molecule has 1 unspecified atom stereocenters. The minimum atomic E-state index is -0.796. The van der Waals surface area contributed by atoms with Gasteiger partial charge in [0.05, 0.1) is 11.4 Å². The highest BCUT2D eigenvalue weighted by Gasteiger charge is 2.44. The summed E-state index contributed by atoms with van der Waals surface area (Å²) in [4.78, 5) is 29.9. The van der Waals surface area contributed by atoms with Crippen molar-refractivity contribution >= 4 is 28.8 Å². The normalized spacial score (nSPS) is 20.2. The van der Waals surface area contributed by atoms with E-state index in [1.165, 1.54) is 11.3 Å². The number of carbonyl (C=O) groups is 2. The number of rotatable bonds is 4. The van der Waals surface area contributed by atoms with E-state index >= 15 is 0 Å². The molecule has 2 aromatic rings. The molecule has 1 aromatic carbocycles. The summed E-state index contributed by atoms with van der Waals surface area (Å²) in [6.07, 6.45) is 1.49. The minimum absolute atomic E-state index is 0.0000302. The van der Waals surface area contributed by atoms with Crippen molar-refractivity contribution in [2.45, 2.75) is 18.4 Å². The van der Waals surface area contributed by atoms with Gasteiger partial charge in [0.1, 0.15) is 5.54 Å². The number of hydrogen-bond donors (Lipinski definition) is 1. The van der Waals surface area contributed by atoms with E-state index in [4.69, 9.17) is 0 Å². The van der Waals surface area contributed by atoms with Crippen LogP contribution in [0.15, 0.2) is 47.8 Å². The van der Waals surface area contributed by atoms with Crippen LogP contribution in [-0.4, -0.2) is 54.3 Å². The molecule has 3 rings (SSSR count). The molecule has 1 atom stereocenters. The van der Waals surface area contributed by atoms with Gasteiger partial charge in [-0.3, -0.25) is 9.59 Å². The van der Waals surface area contributed by atoms with Gasteiger partial charge in [-0.05, 0) is 36.4 Å². The van der Waals surface area contributed by atoms with Crippen molar-refractivity contribution in [2.75, 3.05) is 32.5 Å². The van der Waals surface area contributed by atoms with E-state index in [-0.39, 0.29) is 11.8 Å². The van der Waals surface area contributed by atoms with Crippen LogP contribution in [-0.2, 0) is 4.79 Å². The van der Waals surface area contributed by atoms with Crippen LogP contribution in [0, 0.1) is 0 Å².